The lowest BCUT2D eigenvalue weighted by Gasteiger charge is -2.38. The number of hydrogen-bond acceptors (Lipinski definition) is 2. The van der Waals surface area contributed by atoms with Crippen LogP contribution in [-0.2, 0) is 15.1 Å². The van der Waals surface area contributed by atoms with Crippen LogP contribution in [0.2, 0.25) is 0 Å². The second-order valence-electron chi connectivity index (χ2n) is 4.69. The number of aliphatic carboxylic acids is 1. The highest BCUT2D eigenvalue weighted by Crippen LogP contribution is 2.37. The number of nitrogens with zero attached hydrogens (tertiary/aromatic N) is 1. The van der Waals surface area contributed by atoms with Crippen LogP contribution in [0, 0.1) is 0 Å². The van der Waals surface area contributed by atoms with E-state index in [4.69, 9.17) is 11.6 Å². The van der Waals surface area contributed by atoms with E-state index in [0.717, 1.165) is 0 Å². The average molecular weight is 282 g/mol. The summed E-state index contributed by atoms with van der Waals surface area (Å²) in [6, 6.07) is 8.86. The summed E-state index contributed by atoms with van der Waals surface area (Å²) in [7, 11) is 0. The average Bonchev–Trinajstić information content (AvgIpc) is 2.72. The van der Waals surface area contributed by atoms with Crippen molar-refractivity contribution in [3.8, 4) is 0 Å². The van der Waals surface area contributed by atoms with E-state index < -0.39 is 11.5 Å². The summed E-state index contributed by atoms with van der Waals surface area (Å²) < 4.78 is 0. The normalized spacial score (nSPS) is 22.3. The maximum Gasteiger partial charge on any atom is 0.334 e. The predicted molar refractivity (Wildman–Crippen MR) is 72.0 cm³/mol. The Labute approximate surface area is 117 Å². The summed E-state index contributed by atoms with van der Waals surface area (Å²) in [5.41, 5.74) is -0.703. The molecule has 2 unspecified atom stereocenters. The van der Waals surface area contributed by atoms with Gasteiger partial charge < -0.3 is 10.0 Å². The Morgan fingerprint density at radius 3 is 2.53 bits per heavy atom. The van der Waals surface area contributed by atoms with Gasteiger partial charge in [-0.25, -0.2) is 4.79 Å². The van der Waals surface area contributed by atoms with Crippen molar-refractivity contribution in [1.82, 2.24) is 4.90 Å². The maximum atomic E-state index is 12.0. The minimum Gasteiger partial charge on any atom is -0.479 e. The van der Waals surface area contributed by atoms with E-state index in [1.807, 2.05) is 6.07 Å². The standard InChI is InChI=1S/C14H16ClNO3/c1-2-14(13(18)19,10-6-4-3-5-7-10)16-9-11(15)8-12(16)17/h3-7,11H,2,8-9H2,1H3,(H,18,19). The number of rotatable bonds is 4. The third-order valence-corrected chi connectivity index (χ3v) is 3.95. The van der Waals surface area contributed by atoms with Gasteiger partial charge in [0.05, 0.1) is 5.38 Å². The van der Waals surface area contributed by atoms with Gasteiger partial charge in [-0.05, 0) is 12.0 Å². The summed E-state index contributed by atoms with van der Waals surface area (Å²) >= 11 is 6.00. The smallest absolute Gasteiger partial charge is 0.334 e. The molecule has 1 N–H and O–H groups in total. The van der Waals surface area contributed by atoms with Crippen LogP contribution in [0.25, 0.3) is 0 Å². The first-order valence-electron chi connectivity index (χ1n) is 6.25. The number of alkyl halides is 1. The lowest BCUT2D eigenvalue weighted by atomic mass is 9.85. The minimum atomic E-state index is -1.32. The van der Waals surface area contributed by atoms with Crippen molar-refractivity contribution in [2.45, 2.75) is 30.7 Å². The fourth-order valence-electron chi connectivity index (χ4n) is 2.69. The molecular weight excluding hydrogens is 266 g/mol. The Balaban J connectivity index is 2.52. The van der Waals surface area contributed by atoms with Crippen molar-refractivity contribution in [1.29, 1.82) is 0 Å². The molecule has 2 rings (SSSR count). The second-order valence-corrected chi connectivity index (χ2v) is 5.31. The molecule has 19 heavy (non-hydrogen) atoms. The van der Waals surface area contributed by atoms with E-state index >= 15 is 0 Å². The Morgan fingerprint density at radius 2 is 2.11 bits per heavy atom. The first-order valence-corrected chi connectivity index (χ1v) is 6.69. The van der Waals surface area contributed by atoms with Crippen molar-refractivity contribution in [2.24, 2.45) is 0 Å². The molecule has 4 nitrogen and oxygen atoms in total. The topological polar surface area (TPSA) is 57.6 Å². The number of halogens is 1. The summed E-state index contributed by atoms with van der Waals surface area (Å²) in [6.45, 7) is 2.05. The highest BCUT2D eigenvalue weighted by molar-refractivity contribution is 6.23. The van der Waals surface area contributed by atoms with Gasteiger partial charge in [-0.1, -0.05) is 37.3 Å². The van der Waals surface area contributed by atoms with Crippen molar-refractivity contribution < 1.29 is 14.7 Å². The van der Waals surface area contributed by atoms with Gasteiger partial charge in [0.1, 0.15) is 0 Å². The zero-order valence-corrected chi connectivity index (χ0v) is 11.4. The second kappa shape index (κ2) is 5.21. The Morgan fingerprint density at radius 1 is 1.47 bits per heavy atom. The molecule has 1 saturated heterocycles. The molecule has 1 aromatic rings. The molecule has 0 spiro atoms. The fourth-order valence-corrected chi connectivity index (χ4v) is 2.96. The first kappa shape index (κ1) is 13.9. The third-order valence-electron chi connectivity index (χ3n) is 3.66. The van der Waals surface area contributed by atoms with Gasteiger partial charge in [-0.2, -0.15) is 0 Å². The van der Waals surface area contributed by atoms with Gasteiger partial charge in [0, 0.05) is 13.0 Å². The van der Waals surface area contributed by atoms with Gasteiger partial charge >= 0.3 is 5.97 Å². The molecule has 1 amide bonds. The monoisotopic (exact) mass is 281 g/mol. The summed E-state index contributed by atoms with van der Waals surface area (Å²) in [4.78, 5) is 25.3. The molecule has 1 aliphatic rings. The molecule has 1 aromatic carbocycles. The molecule has 1 aliphatic heterocycles. The number of carbonyl (C=O) groups excluding carboxylic acids is 1. The van der Waals surface area contributed by atoms with E-state index in [9.17, 15) is 14.7 Å². The number of carbonyl (C=O) groups is 2. The zero-order valence-electron chi connectivity index (χ0n) is 10.7. The molecule has 1 fully saturated rings. The van der Waals surface area contributed by atoms with Crippen molar-refractivity contribution in [3.05, 3.63) is 35.9 Å². The van der Waals surface area contributed by atoms with Gasteiger partial charge in [0.25, 0.3) is 0 Å². The molecule has 0 radical (unpaired) electrons. The van der Waals surface area contributed by atoms with E-state index in [2.05, 4.69) is 0 Å². The third kappa shape index (κ3) is 2.21. The lowest BCUT2D eigenvalue weighted by molar-refractivity contribution is -0.158. The first-order chi connectivity index (χ1) is 9.02. The zero-order chi connectivity index (χ0) is 14.0. The summed E-state index contributed by atoms with van der Waals surface area (Å²) in [5.74, 6) is -1.21. The van der Waals surface area contributed by atoms with Crippen LogP contribution in [0.5, 0.6) is 0 Å². The van der Waals surface area contributed by atoms with Crippen LogP contribution < -0.4 is 0 Å². The van der Waals surface area contributed by atoms with E-state index in [0.29, 0.717) is 12.0 Å². The molecule has 0 aliphatic carbocycles. The number of carboxylic acid groups (broad SMARTS) is 1. The lowest BCUT2D eigenvalue weighted by Crippen LogP contribution is -2.52. The van der Waals surface area contributed by atoms with Crippen LogP contribution in [-0.4, -0.2) is 33.8 Å². The molecule has 2 atom stereocenters. The number of likely N-dealkylation sites (tertiary alicyclic amines) is 1. The molecule has 0 saturated carbocycles. The molecule has 5 heteroatoms. The highest BCUT2D eigenvalue weighted by Gasteiger charge is 2.49. The number of carboxylic acids is 1. The SMILES string of the molecule is CCC(C(=O)O)(c1ccccc1)N1CC(Cl)CC1=O. The van der Waals surface area contributed by atoms with Crippen LogP contribution in [0.3, 0.4) is 0 Å². The number of benzene rings is 1. The predicted octanol–water partition coefficient (Wildman–Crippen LogP) is 2.22. The summed E-state index contributed by atoms with van der Waals surface area (Å²) in [5, 5.41) is 9.39. The minimum absolute atomic E-state index is 0.198. The van der Waals surface area contributed by atoms with Gasteiger partial charge in [-0.15, -0.1) is 11.6 Å². The quantitative estimate of drug-likeness (QED) is 0.861. The molecule has 0 aromatic heterocycles. The van der Waals surface area contributed by atoms with E-state index in [1.165, 1.54) is 4.90 Å². The number of hydrogen-bond donors (Lipinski definition) is 1. The van der Waals surface area contributed by atoms with Gasteiger partial charge in [-0.3, -0.25) is 4.79 Å². The van der Waals surface area contributed by atoms with Crippen molar-refractivity contribution in [3.63, 3.8) is 0 Å². The maximum absolute atomic E-state index is 12.0. The fraction of sp³-hybridized carbons (Fsp3) is 0.429. The molecular formula is C14H16ClNO3. The van der Waals surface area contributed by atoms with Crippen LogP contribution in [0.15, 0.2) is 30.3 Å². The largest absolute Gasteiger partial charge is 0.479 e. The summed E-state index contributed by atoms with van der Waals surface area (Å²) in [6.07, 6.45) is 0.505. The highest BCUT2D eigenvalue weighted by atomic mass is 35.5. The van der Waals surface area contributed by atoms with Gasteiger partial charge in [0.15, 0.2) is 5.54 Å². The molecule has 1 heterocycles. The Hall–Kier alpha value is -1.55. The van der Waals surface area contributed by atoms with Crippen molar-refractivity contribution in [2.75, 3.05) is 6.54 Å². The Bertz CT molecular complexity index is 491. The van der Waals surface area contributed by atoms with Crippen LogP contribution >= 0.6 is 11.6 Å². The Kier molecular flexibility index (Phi) is 3.80. The van der Waals surface area contributed by atoms with Crippen LogP contribution in [0.4, 0.5) is 0 Å². The number of amides is 1. The van der Waals surface area contributed by atoms with Crippen LogP contribution in [0.1, 0.15) is 25.3 Å². The van der Waals surface area contributed by atoms with E-state index in [-0.39, 0.29) is 24.2 Å². The van der Waals surface area contributed by atoms with Gasteiger partial charge in [0.2, 0.25) is 5.91 Å². The van der Waals surface area contributed by atoms with Crippen molar-refractivity contribution >= 4 is 23.5 Å². The molecule has 102 valence electrons. The molecule has 0 bridgehead atoms. The van der Waals surface area contributed by atoms with E-state index in [1.54, 1.807) is 31.2 Å².